The molecule has 8 rings (SSSR count). The van der Waals surface area contributed by atoms with E-state index in [1.807, 2.05) is 0 Å². The van der Waals surface area contributed by atoms with Gasteiger partial charge in [-0.15, -0.1) is 0 Å². The SMILES string of the molecule is CC1(C)c2ccccc2-c2ccc(N(c3cccc(-c4ccccc4)c3)c3nc4ccccc4c4ccccc34)cc21. The Bertz CT molecular complexity index is 2120. The lowest BCUT2D eigenvalue weighted by molar-refractivity contribution is 0.660. The molecule has 1 aliphatic carbocycles. The number of hydrogen-bond donors (Lipinski definition) is 0. The van der Waals surface area contributed by atoms with E-state index in [2.05, 4.69) is 164 Å². The number of anilines is 3. The summed E-state index contributed by atoms with van der Waals surface area (Å²) < 4.78 is 0. The Kier molecular flexibility index (Phi) is 5.52. The average Bonchev–Trinajstić information content (AvgIpc) is 3.28. The molecule has 0 fully saturated rings. The molecular formula is C40H30N2. The molecule has 0 atom stereocenters. The first-order valence-corrected chi connectivity index (χ1v) is 14.6. The van der Waals surface area contributed by atoms with Crippen LogP contribution in [0.25, 0.3) is 43.9 Å². The van der Waals surface area contributed by atoms with Crippen molar-refractivity contribution < 1.29 is 0 Å². The molecule has 200 valence electrons. The van der Waals surface area contributed by atoms with Gasteiger partial charge in [0, 0.05) is 27.6 Å². The van der Waals surface area contributed by atoms with Crippen molar-refractivity contribution in [2.24, 2.45) is 0 Å². The van der Waals surface area contributed by atoms with E-state index < -0.39 is 0 Å². The summed E-state index contributed by atoms with van der Waals surface area (Å²) in [5, 5.41) is 3.50. The minimum absolute atomic E-state index is 0.0988. The molecule has 0 N–H and O–H groups in total. The van der Waals surface area contributed by atoms with E-state index in [0.717, 1.165) is 28.1 Å². The second kappa shape index (κ2) is 9.43. The molecule has 2 heteroatoms. The molecule has 0 saturated heterocycles. The van der Waals surface area contributed by atoms with Gasteiger partial charge in [0.2, 0.25) is 0 Å². The highest BCUT2D eigenvalue weighted by atomic mass is 15.2. The van der Waals surface area contributed by atoms with Crippen LogP contribution >= 0.6 is 0 Å². The Labute approximate surface area is 246 Å². The van der Waals surface area contributed by atoms with Gasteiger partial charge in [-0.25, -0.2) is 4.98 Å². The molecule has 0 aliphatic heterocycles. The number of benzene rings is 6. The Hall–Kier alpha value is -5.21. The van der Waals surface area contributed by atoms with Crippen molar-refractivity contribution in [3.8, 4) is 22.3 Å². The highest BCUT2D eigenvalue weighted by Crippen LogP contribution is 2.51. The second-order valence-electron chi connectivity index (χ2n) is 11.7. The van der Waals surface area contributed by atoms with Gasteiger partial charge in [0.1, 0.15) is 5.82 Å². The van der Waals surface area contributed by atoms with E-state index in [0.29, 0.717) is 0 Å². The van der Waals surface area contributed by atoms with Crippen molar-refractivity contribution in [1.29, 1.82) is 0 Å². The summed E-state index contributed by atoms with van der Waals surface area (Å²) in [5.74, 6) is 0.933. The van der Waals surface area contributed by atoms with Gasteiger partial charge in [-0.3, -0.25) is 4.90 Å². The first-order valence-electron chi connectivity index (χ1n) is 14.6. The molecule has 1 aliphatic rings. The highest BCUT2D eigenvalue weighted by molar-refractivity contribution is 6.11. The van der Waals surface area contributed by atoms with Crippen LogP contribution in [0, 0.1) is 0 Å². The van der Waals surface area contributed by atoms with E-state index in [1.54, 1.807) is 0 Å². The topological polar surface area (TPSA) is 16.1 Å². The third kappa shape index (κ3) is 3.76. The number of fused-ring (bicyclic) bond motifs is 6. The Morgan fingerprint density at radius 3 is 1.98 bits per heavy atom. The van der Waals surface area contributed by atoms with Gasteiger partial charge in [-0.1, -0.05) is 129 Å². The number of rotatable bonds is 4. The highest BCUT2D eigenvalue weighted by Gasteiger charge is 2.36. The van der Waals surface area contributed by atoms with Crippen LogP contribution in [0.2, 0.25) is 0 Å². The summed E-state index contributed by atoms with van der Waals surface area (Å²) >= 11 is 0. The molecule has 6 aromatic carbocycles. The van der Waals surface area contributed by atoms with Gasteiger partial charge in [0.15, 0.2) is 0 Å². The number of nitrogens with zero attached hydrogens (tertiary/aromatic N) is 2. The van der Waals surface area contributed by atoms with Crippen LogP contribution in [0.4, 0.5) is 17.2 Å². The largest absolute Gasteiger partial charge is 0.294 e. The third-order valence-corrected chi connectivity index (χ3v) is 8.84. The first-order chi connectivity index (χ1) is 20.6. The van der Waals surface area contributed by atoms with Gasteiger partial charge >= 0.3 is 0 Å². The lowest BCUT2D eigenvalue weighted by Crippen LogP contribution is -2.17. The van der Waals surface area contributed by atoms with Crippen LogP contribution in [-0.4, -0.2) is 4.98 Å². The van der Waals surface area contributed by atoms with E-state index in [4.69, 9.17) is 4.98 Å². The standard InChI is InChI=1S/C40H30N2/c1-40(2)36-21-10-8-18-32(36)33-24-23-30(26-37(33)40)42(29-16-12-15-28(25-29)27-13-4-3-5-14-27)39-35-20-7-6-17-31(35)34-19-9-11-22-38(34)41-39/h3-26H,1-2H3. The molecule has 0 unspecified atom stereocenters. The summed E-state index contributed by atoms with van der Waals surface area (Å²) in [6, 6.07) is 52.3. The maximum Gasteiger partial charge on any atom is 0.146 e. The molecule has 2 nitrogen and oxygen atoms in total. The van der Waals surface area contributed by atoms with Crippen molar-refractivity contribution >= 4 is 38.9 Å². The normalized spacial score (nSPS) is 13.2. The van der Waals surface area contributed by atoms with E-state index in [-0.39, 0.29) is 5.41 Å². The predicted molar refractivity (Wildman–Crippen MR) is 177 cm³/mol. The van der Waals surface area contributed by atoms with Crippen molar-refractivity contribution in [2.45, 2.75) is 19.3 Å². The van der Waals surface area contributed by atoms with Gasteiger partial charge in [0.25, 0.3) is 0 Å². The zero-order valence-electron chi connectivity index (χ0n) is 23.8. The Balaban J connectivity index is 1.41. The van der Waals surface area contributed by atoms with Gasteiger partial charge in [0.05, 0.1) is 5.52 Å². The third-order valence-electron chi connectivity index (χ3n) is 8.84. The minimum Gasteiger partial charge on any atom is -0.294 e. The fourth-order valence-electron chi connectivity index (χ4n) is 6.74. The fourth-order valence-corrected chi connectivity index (χ4v) is 6.74. The Morgan fingerprint density at radius 2 is 1.12 bits per heavy atom. The molecule has 1 heterocycles. The molecule has 1 aromatic heterocycles. The molecule has 7 aromatic rings. The fraction of sp³-hybridized carbons (Fsp3) is 0.0750. The van der Waals surface area contributed by atoms with Gasteiger partial charge in [-0.05, 0) is 69.1 Å². The van der Waals surface area contributed by atoms with Crippen molar-refractivity contribution in [3.05, 3.63) is 157 Å². The summed E-state index contributed by atoms with van der Waals surface area (Å²) in [6.45, 7) is 4.68. The van der Waals surface area contributed by atoms with Crippen molar-refractivity contribution in [3.63, 3.8) is 0 Å². The van der Waals surface area contributed by atoms with Crippen molar-refractivity contribution in [2.75, 3.05) is 4.90 Å². The van der Waals surface area contributed by atoms with Crippen LogP contribution < -0.4 is 4.90 Å². The van der Waals surface area contributed by atoms with Gasteiger partial charge in [-0.2, -0.15) is 0 Å². The quantitative estimate of drug-likeness (QED) is 0.207. The van der Waals surface area contributed by atoms with Crippen LogP contribution in [0.5, 0.6) is 0 Å². The summed E-state index contributed by atoms with van der Waals surface area (Å²) in [7, 11) is 0. The molecule has 0 saturated carbocycles. The van der Waals surface area contributed by atoms with Crippen LogP contribution in [0.3, 0.4) is 0 Å². The number of aromatic nitrogens is 1. The van der Waals surface area contributed by atoms with Crippen LogP contribution in [0.15, 0.2) is 146 Å². The number of para-hydroxylation sites is 1. The average molecular weight is 539 g/mol. The summed E-state index contributed by atoms with van der Waals surface area (Å²) in [5.41, 5.74) is 10.8. The van der Waals surface area contributed by atoms with Crippen LogP contribution in [0.1, 0.15) is 25.0 Å². The molecular weight excluding hydrogens is 508 g/mol. The zero-order valence-corrected chi connectivity index (χ0v) is 23.8. The lowest BCUT2D eigenvalue weighted by Gasteiger charge is -2.29. The monoisotopic (exact) mass is 538 g/mol. The van der Waals surface area contributed by atoms with E-state index >= 15 is 0 Å². The molecule has 0 spiro atoms. The summed E-state index contributed by atoms with van der Waals surface area (Å²) in [4.78, 5) is 7.70. The van der Waals surface area contributed by atoms with Crippen LogP contribution in [-0.2, 0) is 5.41 Å². The molecule has 42 heavy (non-hydrogen) atoms. The number of hydrogen-bond acceptors (Lipinski definition) is 2. The van der Waals surface area contributed by atoms with E-state index in [9.17, 15) is 0 Å². The smallest absolute Gasteiger partial charge is 0.146 e. The summed E-state index contributed by atoms with van der Waals surface area (Å²) in [6.07, 6.45) is 0. The zero-order chi connectivity index (χ0) is 28.3. The van der Waals surface area contributed by atoms with E-state index in [1.165, 1.54) is 44.2 Å². The molecule has 0 amide bonds. The Morgan fingerprint density at radius 1 is 0.476 bits per heavy atom. The molecule has 0 radical (unpaired) electrons. The lowest BCUT2D eigenvalue weighted by atomic mass is 9.82. The molecule has 0 bridgehead atoms. The predicted octanol–water partition coefficient (Wildman–Crippen LogP) is 10.8. The number of pyridine rings is 1. The minimum atomic E-state index is -0.0988. The van der Waals surface area contributed by atoms with Crippen molar-refractivity contribution in [1.82, 2.24) is 4.98 Å². The van der Waals surface area contributed by atoms with Gasteiger partial charge < -0.3 is 0 Å². The maximum atomic E-state index is 5.35. The maximum absolute atomic E-state index is 5.35. The first kappa shape index (κ1) is 24.6. The second-order valence-corrected chi connectivity index (χ2v) is 11.7.